The van der Waals surface area contributed by atoms with Crippen LogP contribution < -0.4 is 16.6 Å². The van der Waals surface area contributed by atoms with E-state index < -0.39 is 18.9 Å². The van der Waals surface area contributed by atoms with Crippen LogP contribution in [0.15, 0.2) is 24.3 Å². The molecule has 0 radical (unpaired) electrons. The summed E-state index contributed by atoms with van der Waals surface area (Å²) in [6, 6.07) is 6.38. The molecule has 0 spiro atoms. The summed E-state index contributed by atoms with van der Waals surface area (Å²) in [5.41, 5.74) is 2.95. The fourth-order valence-electron chi connectivity index (χ4n) is 1.07. The van der Waals surface area contributed by atoms with Crippen molar-refractivity contribution in [2.45, 2.75) is 6.43 Å². The molecule has 6 heteroatoms. The Morgan fingerprint density at radius 2 is 2.07 bits per heavy atom. The molecule has 1 aromatic rings. The SMILES string of the molecule is NNc1ccccc1C(=O)NCC(F)F. The highest BCUT2D eigenvalue weighted by Gasteiger charge is 2.11. The molecule has 0 bridgehead atoms. The van der Waals surface area contributed by atoms with Crippen LogP contribution in [0.5, 0.6) is 0 Å². The molecule has 0 aliphatic carbocycles. The summed E-state index contributed by atoms with van der Waals surface area (Å²) >= 11 is 0. The van der Waals surface area contributed by atoms with Gasteiger partial charge in [0.25, 0.3) is 12.3 Å². The summed E-state index contributed by atoms with van der Waals surface area (Å²) in [6.07, 6.45) is -2.56. The van der Waals surface area contributed by atoms with Gasteiger partial charge in [0.05, 0.1) is 17.8 Å². The molecule has 0 fully saturated rings. The number of amides is 1. The maximum Gasteiger partial charge on any atom is 0.255 e. The van der Waals surface area contributed by atoms with Crippen LogP contribution in [-0.2, 0) is 0 Å². The summed E-state index contributed by atoms with van der Waals surface area (Å²) in [6.45, 7) is -0.669. The summed E-state index contributed by atoms with van der Waals surface area (Å²) in [5.74, 6) is 4.59. The molecule has 0 heterocycles. The lowest BCUT2D eigenvalue weighted by Gasteiger charge is -2.08. The first-order valence-electron chi connectivity index (χ1n) is 4.27. The average Bonchev–Trinajstić information content (AvgIpc) is 2.25. The number of alkyl halides is 2. The molecule has 0 aromatic heterocycles. The van der Waals surface area contributed by atoms with Gasteiger partial charge in [-0.05, 0) is 12.1 Å². The van der Waals surface area contributed by atoms with E-state index in [4.69, 9.17) is 5.84 Å². The number of para-hydroxylation sites is 1. The molecule has 0 saturated heterocycles. The predicted molar refractivity (Wildman–Crippen MR) is 52.6 cm³/mol. The topological polar surface area (TPSA) is 67.1 Å². The number of hydrogen-bond acceptors (Lipinski definition) is 3. The van der Waals surface area contributed by atoms with Crippen molar-refractivity contribution < 1.29 is 13.6 Å². The fourth-order valence-corrected chi connectivity index (χ4v) is 1.07. The quantitative estimate of drug-likeness (QED) is 0.517. The smallest absolute Gasteiger partial charge is 0.255 e. The number of benzene rings is 1. The minimum atomic E-state index is -2.56. The summed E-state index contributed by atoms with van der Waals surface area (Å²) in [5, 5.41) is 2.09. The zero-order chi connectivity index (χ0) is 11.3. The van der Waals surface area contributed by atoms with Gasteiger partial charge in [0.2, 0.25) is 0 Å². The molecule has 15 heavy (non-hydrogen) atoms. The third-order valence-electron chi connectivity index (χ3n) is 1.74. The lowest BCUT2D eigenvalue weighted by atomic mass is 10.1. The van der Waals surface area contributed by atoms with Crippen LogP contribution in [0.4, 0.5) is 14.5 Å². The van der Waals surface area contributed by atoms with Crippen molar-refractivity contribution in [1.29, 1.82) is 0 Å². The second-order valence-corrected chi connectivity index (χ2v) is 2.79. The molecule has 0 aliphatic rings. The van der Waals surface area contributed by atoms with Gasteiger partial charge < -0.3 is 10.7 Å². The van der Waals surface area contributed by atoms with Gasteiger partial charge in [-0.15, -0.1) is 0 Å². The fraction of sp³-hybridized carbons (Fsp3) is 0.222. The van der Waals surface area contributed by atoms with Crippen molar-refractivity contribution in [2.75, 3.05) is 12.0 Å². The van der Waals surface area contributed by atoms with Crippen LogP contribution in [0.1, 0.15) is 10.4 Å². The molecule has 82 valence electrons. The molecule has 0 saturated carbocycles. The van der Waals surface area contributed by atoms with E-state index in [2.05, 4.69) is 10.7 Å². The maximum atomic E-state index is 11.8. The Hall–Kier alpha value is -1.69. The van der Waals surface area contributed by atoms with E-state index in [0.717, 1.165) is 0 Å². The molecule has 1 amide bonds. The molecule has 0 atom stereocenters. The number of anilines is 1. The van der Waals surface area contributed by atoms with Crippen molar-refractivity contribution >= 4 is 11.6 Å². The van der Waals surface area contributed by atoms with Gasteiger partial charge in [-0.2, -0.15) is 0 Å². The molecule has 4 N–H and O–H groups in total. The Kier molecular flexibility index (Phi) is 3.99. The summed E-state index contributed by atoms with van der Waals surface area (Å²) < 4.78 is 23.7. The van der Waals surface area contributed by atoms with E-state index >= 15 is 0 Å². The molecule has 0 aliphatic heterocycles. The van der Waals surface area contributed by atoms with Crippen molar-refractivity contribution in [3.8, 4) is 0 Å². The van der Waals surface area contributed by atoms with Crippen LogP contribution in [0, 0.1) is 0 Å². The van der Waals surface area contributed by atoms with Gasteiger partial charge in [0, 0.05) is 0 Å². The number of carbonyl (C=O) groups is 1. The van der Waals surface area contributed by atoms with Crippen molar-refractivity contribution in [2.24, 2.45) is 5.84 Å². The van der Waals surface area contributed by atoms with Gasteiger partial charge in [-0.1, -0.05) is 12.1 Å². The first-order valence-corrected chi connectivity index (χ1v) is 4.27. The number of nitrogens with two attached hydrogens (primary N) is 1. The summed E-state index contributed by atoms with van der Waals surface area (Å²) in [7, 11) is 0. The van der Waals surface area contributed by atoms with E-state index in [1.165, 1.54) is 6.07 Å². The van der Waals surface area contributed by atoms with Gasteiger partial charge >= 0.3 is 0 Å². The zero-order valence-corrected chi connectivity index (χ0v) is 7.84. The first-order chi connectivity index (χ1) is 7.15. The highest BCUT2D eigenvalue weighted by atomic mass is 19.3. The van der Waals surface area contributed by atoms with E-state index in [1.807, 2.05) is 0 Å². The first kappa shape index (κ1) is 11.4. The average molecular weight is 215 g/mol. The molecule has 1 aromatic carbocycles. The zero-order valence-electron chi connectivity index (χ0n) is 7.84. The third kappa shape index (κ3) is 3.17. The summed E-state index contributed by atoms with van der Waals surface area (Å²) in [4.78, 5) is 11.4. The Labute approximate surface area is 85.4 Å². The minimum Gasteiger partial charge on any atom is -0.346 e. The van der Waals surface area contributed by atoms with E-state index in [-0.39, 0.29) is 5.56 Å². The Balaban J connectivity index is 2.72. The monoisotopic (exact) mass is 215 g/mol. The Bertz CT molecular complexity index is 344. The maximum absolute atomic E-state index is 11.8. The molecule has 1 rings (SSSR count). The van der Waals surface area contributed by atoms with Crippen LogP contribution >= 0.6 is 0 Å². The van der Waals surface area contributed by atoms with Crippen LogP contribution in [0.25, 0.3) is 0 Å². The number of hydrogen-bond donors (Lipinski definition) is 3. The van der Waals surface area contributed by atoms with E-state index in [1.54, 1.807) is 18.2 Å². The van der Waals surface area contributed by atoms with Crippen LogP contribution in [-0.4, -0.2) is 18.9 Å². The van der Waals surface area contributed by atoms with Gasteiger partial charge in [0.15, 0.2) is 0 Å². The van der Waals surface area contributed by atoms with Gasteiger partial charge in [0.1, 0.15) is 0 Å². The number of nitrogens with one attached hydrogen (secondary N) is 2. The number of rotatable bonds is 4. The number of carbonyl (C=O) groups excluding carboxylic acids is 1. The third-order valence-corrected chi connectivity index (χ3v) is 1.74. The lowest BCUT2D eigenvalue weighted by Crippen LogP contribution is -2.29. The van der Waals surface area contributed by atoms with Crippen LogP contribution in [0.2, 0.25) is 0 Å². The van der Waals surface area contributed by atoms with Gasteiger partial charge in [-0.3, -0.25) is 10.6 Å². The van der Waals surface area contributed by atoms with Crippen molar-refractivity contribution in [1.82, 2.24) is 5.32 Å². The second kappa shape index (κ2) is 5.26. The second-order valence-electron chi connectivity index (χ2n) is 2.79. The lowest BCUT2D eigenvalue weighted by molar-refractivity contribution is 0.0892. The van der Waals surface area contributed by atoms with Crippen LogP contribution in [0.3, 0.4) is 0 Å². The number of nitrogen functional groups attached to an aromatic ring is 1. The minimum absolute atomic E-state index is 0.237. The van der Waals surface area contributed by atoms with E-state index in [0.29, 0.717) is 5.69 Å². The molecular weight excluding hydrogens is 204 g/mol. The largest absolute Gasteiger partial charge is 0.346 e. The van der Waals surface area contributed by atoms with E-state index in [9.17, 15) is 13.6 Å². The Morgan fingerprint density at radius 1 is 1.40 bits per heavy atom. The Morgan fingerprint density at radius 3 is 2.67 bits per heavy atom. The molecular formula is C9H11F2N3O. The predicted octanol–water partition coefficient (Wildman–Crippen LogP) is 0.967. The standard InChI is InChI=1S/C9H11F2N3O/c10-8(11)5-13-9(15)6-3-1-2-4-7(6)14-12/h1-4,8,14H,5,12H2,(H,13,15). The highest BCUT2D eigenvalue weighted by molar-refractivity contribution is 5.99. The van der Waals surface area contributed by atoms with Crippen molar-refractivity contribution in [3.05, 3.63) is 29.8 Å². The number of halogens is 2. The number of hydrazine groups is 1. The van der Waals surface area contributed by atoms with Crippen molar-refractivity contribution in [3.63, 3.8) is 0 Å². The van der Waals surface area contributed by atoms with Gasteiger partial charge in [-0.25, -0.2) is 8.78 Å². The molecule has 4 nitrogen and oxygen atoms in total. The highest BCUT2D eigenvalue weighted by Crippen LogP contribution is 2.12. The molecule has 0 unspecified atom stereocenters. The normalized spacial score (nSPS) is 10.1.